The number of likely N-dealkylation sites (tertiary alicyclic amines) is 1. The van der Waals surface area contributed by atoms with Crippen LogP contribution in [-0.4, -0.2) is 32.3 Å². The topological polar surface area (TPSA) is 85.0 Å². The maximum Gasteiger partial charge on any atom is 0.273 e. The molecule has 0 radical (unpaired) electrons. The Balaban J connectivity index is 1.88. The zero-order chi connectivity index (χ0) is 13.2. The van der Waals surface area contributed by atoms with Gasteiger partial charge in [0.2, 0.25) is 5.95 Å². The van der Waals surface area contributed by atoms with Crippen molar-refractivity contribution in [3.63, 3.8) is 0 Å². The second-order valence-corrected chi connectivity index (χ2v) is 5.09. The number of nitrogens with zero attached hydrogens (tertiary/aromatic N) is 4. The van der Waals surface area contributed by atoms with Crippen LogP contribution in [0.25, 0.3) is 0 Å². The molecule has 1 aliphatic heterocycles. The molecule has 1 fully saturated rings. The molecule has 1 aliphatic rings. The summed E-state index contributed by atoms with van der Waals surface area (Å²) in [7, 11) is 0. The Morgan fingerprint density at radius 1 is 1.47 bits per heavy atom. The van der Waals surface area contributed by atoms with Crippen molar-refractivity contribution >= 4 is 23.2 Å². The fourth-order valence-electron chi connectivity index (χ4n) is 2.36. The molecule has 0 saturated carbocycles. The number of hydrogen-bond acceptors (Lipinski definition) is 6. The number of nitrogen functional groups attached to an aromatic ring is 1. The Labute approximate surface area is 114 Å². The minimum Gasteiger partial charge on any atom is -0.368 e. The zero-order valence-electron chi connectivity index (χ0n) is 10.2. The molecule has 7 heteroatoms. The third-order valence-electron chi connectivity index (χ3n) is 3.20. The molecule has 98 valence electrons. The third kappa shape index (κ3) is 2.28. The van der Waals surface area contributed by atoms with E-state index in [1.807, 2.05) is 11.0 Å². The number of carbonyl (C=O) groups excluding carboxylic acids is 1. The van der Waals surface area contributed by atoms with Gasteiger partial charge >= 0.3 is 0 Å². The molecule has 1 amide bonds. The highest BCUT2D eigenvalue weighted by molar-refractivity contribution is 7.07. The number of nitrogens with two attached hydrogens (primary N) is 1. The van der Waals surface area contributed by atoms with Crippen molar-refractivity contribution in [2.45, 2.75) is 18.9 Å². The van der Waals surface area contributed by atoms with Crippen LogP contribution in [0.5, 0.6) is 0 Å². The first-order valence-electron chi connectivity index (χ1n) is 6.03. The first-order chi connectivity index (χ1) is 9.25. The van der Waals surface area contributed by atoms with E-state index in [1.54, 1.807) is 17.1 Å². The van der Waals surface area contributed by atoms with Gasteiger partial charge in [0.05, 0.1) is 17.2 Å². The van der Waals surface area contributed by atoms with Crippen LogP contribution < -0.4 is 5.73 Å². The number of hydrogen-bond donors (Lipinski definition) is 1. The van der Waals surface area contributed by atoms with E-state index < -0.39 is 0 Å². The van der Waals surface area contributed by atoms with Gasteiger partial charge in [-0.15, -0.1) is 11.3 Å². The largest absolute Gasteiger partial charge is 0.368 e. The SMILES string of the molecule is Nc1nccc(C2CCCN2C(=O)c2cscn2)n1. The van der Waals surface area contributed by atoms with Crippen molar-refractivity contribution in [2.75, 3.05) is 12.3 Å². The van der Waals surface area contributed by atoms with Gasteiger partial charge < -0.3 is 10.6 Å². The Bertz CT molecular complexity index is 586. The summed E-state index contributed by atoms with van der Waals surface area (Å²) < 4.78 is 0. The van der Waals surface area contributed by atoms with E-state index >= 15 is 0 Å². The molecule has 2 N–H and O–H groups in total. The smallest absolute Gasteiger partial charge is 0.273 e. The normalized spacial score (nSPS) is 18.7. The van der Waals surface area contributed by atoms with Crippen molar-refractivity contribution in [2.24, 2.45) is 0 Å². The molecule has 1 atom stereocenters. The zero-order valence-corrected chi connectivity index (χ0v) is 11.0. The Kier molecular flexibility index (Phi) is 3.12. The summed E-state index contributed by atoms with van der Waals surface area (Å²) in [6.07, 6.45) is 3.48. The van der Waals surface area contributed by atoms with E-state index in [1.165, 1.54) is 11.3 Å². The highest BCUT2D eigenvalue weighted by atomic mass is 32.1. The average Bonchev–Trinajstić information content (AvgIpc) is 3.09. The molecular formula is C12H13N5OS. The number of carbonyl (C=O) groups is 1. The van der Waals surface area contributed by atoms with Crippen LogP contribution in [0.4, 0.5) is 5.95 Å². The van der Waals surface area contributed by atoms with Gasteiger partial charge in [-0.25, -0.2) is 15.0 Å². The van der Waals surface area contributed by atoms with Crippen molar-refractivity contribution < 1.29 is 4.79 Å². The van der Waals surface area contributed by atoms with Gasteiger partial charge in [0.25, 0.3) is 5.91 Å². The van der Waals surface area contributed by atoms with E-state index in [0.717, 1.165) is 25.1 Å². The van der Waals surface area contributed by atoms with Crippen molar-refractivity contribution in [1.82, 2.24) is 19.9 Å². The molecule has 1 saturated heterocycles. The minimum atomic E-state index is -0.0408. The van der Waals surface area contributed by atoms with Gasteiger partial charge in [0, 0.05) is 18.1 Å². The molecule has 2 aromatic heterocycles. The van der Waals surface area contributed by atoms with E-state index in [9.17, 15) is 4.79 Å². The van der Waals surface area contributed by atoms with Gasteiger partial charge in [0.1, 0.15) is 5.69 Å². The molecule has 0 spiro atoms. The van der Waals surface area contributed by atoms with E-state index in [2.05, 4.69) is 15.0 Å². The van der Waals surface area contributed by atoms with Crippen LogP contribution in [0.3, 0.4) is 0 Å². The Hall–Kier alpha value is -2.02. The van der Waals surface area contributed by atoms with Crippen LogP contribution in [0.15, 0.2) is 23.2 Å². The van der Waals surface area contributed by atoms with Crippen LogP contribution in [0.2, 0.25) is 0 Å². The lowest BCUT2D eigenvalue weighted by molar-refractivity contribution is 0.0727. The molecule has 3 heterocycles. The first-order valence-corrected chi connectivity index (χ1v) is 6.97. The molecule has 19 heavy (non-hydrogen) atoms. The number of rotatable bonds is 2. The third-order valence-corrected chi connectivity index (χ3v) is 3.79. The Morgan fingerprint density at radius 3 is 3.11 bits per heavy atom. The van der Waals surface area contributed by atoms with Gasteiger partial charge in [-0.3, -0.25) is 4.79 Å². The van der Waals surface area contributed by atoms with Crippen LogP contribution in [0.1, 0.15) is 35.1 Å². The molecule has 6 nitrogen and oxygen atoms in total. The van der Waals surface area contributed by atoms with Gasteiger partial charge in [-0.1, -0.05) is 0 Å². The molecular weight excluding hydrogens is 262 g/mol. The number of thiazole rings is 1. The lowest BCUT2D eigenvalue weighted by atomic mass is 10.1. The first kappa shape index (κ1) is 12.0. The summed E-state index contributed by atoms with van der Waals surface area (Å²) in [6, 6.07) is 1.78. The van der Waals surface area contributed by atoms with Gasteiger partial charge in [-0.05, 0) is 18.9 Å². The highest BCUT2D eigenvalue weighted by Crippen LogP contribution is 2.32. The predicted octanol–water partition coefficient (Wildman–Crippen LogP) is 1.49. The maximum atomic E-state index is 12.4. The van der Waals surface area contributed by atoms with E-state index in [0.29, 0.717) is 5.69 Å². The summed E-state index contributed by atoms with van der Waals surface area (Å²) in [5.41, 5.74) is 8.57. The van der Waals surface area contributed by atoms with Gasteiger partial charge in [-0.2, -0.15) is 0 Å². The molecule has 3 rings (SSSR count). The minimum absolute atomic E-state index is 0.0282. The lowest BCUT2D eigenvalue weighted by Crippen LogP contribution is -2.31. The fourth-order valence-corrected chi connectivity index (χ4v) is 2.88. The molecule has 0 bridgehead atoms. The molecule has 0 aromatic carbocycles. The van der Waals surface area contributed by atoms with Crippen molar-refractivity contribution in [1.29, 1.82) is 0 Å². The van der Waals surface area contributed by atoms with Crippen molar-refractivity contribution in [3.05, 3.63) is 34.5 Å². The average molecular weight is 275 g/mol. The predicted molar refractivity (Wildman–Crippen MR) is 71.6 cm³/mol. The summed E-state index contributed by atoms with van der Waals surface area (Å²) in [4.78, 5) is 26.4. The number of amides is 1. The lowest BCUT2D eigenvalue weighted by Gasteiger charge is -2.23. The van der Waals surface area contributed by atoms with Crippen LogP contribution >= 0.6 is 11.3 Å². The van der Waals surface area contributed by atoms with Crippen LogP contribution in [0, 0.1) is 0 Å². The summed E-state index contributed by atoms with van der Waals surface area (Å²) >= 11 is 1.42. The van der Waals surface area contributed by atoms with Gasteiger partial charge in [0.15, 0.2) is 0 Å². The highest BCUT2D eigenvalue weighted by Gasteiger charge is 2.32. The van der Waals surface area contributed by atoms with Crippen molar-refractivity contribution in [3.8, 4) is 0 Å². The second kappa shape index (κ2) is 4.93. The van der Waals surface area contributed by atoms with E-state index in [4.69, 9.17) is 5.73 Å². The maximum absolute atomic E-state index is 12.4. The monoisotopic (exact) mass is 275 g/mol. The second-order valence-electron chi connectivity index (χ2n) is 4.37. The number of aromatic nitrogens is 3. The standard InChI is InChI=1S/C12H13N5OS/c13-12-14-4-3-8(16-12)10-2-1-5-17(10)11(18)9-6-19-7-15-9/h3-4,6-7,10H,1-2,5H2,(H2,13,14,16). The van der Waals surface area contributed by atoms with E-state index in [-0.39, 0.29) is 17.9 Å². The Morgan fingerprint density at radius 2 is 2.37 bits per heavy atom. The summed E-state index contributed by atoms with van der Waals surface area (Å²) in [5, 5.41) is 1.77. The quantitative estimate of drug-likeness (QED) is 0.897. The van der Waals surface area contributed by atoms with Crippen LogP contribution in [-0.2, 0) is 0 Å². The number of anilines is 1. The summed E-state index contributed by atoms with van der Waals surface area (Å²) in [5.74, 6) is 0.200. The molecule has 1 unspecified atom stereocenters. The fraction of sp³-hybridized carbons (Fsp3) is 0.333. The molecule has 2 aromatic rings. The molecule has 0 aliphatic carbocycles. The summed E-state index contributed by atoms with van der Waals surface area (Å²) in [6.45, 7) is 0.727.